The van der Waals surface area contributed by atoms with Gasteiger partial charge in [-0.1, -0.05) is 32.5 Å². The SMILES string of the molecule is CCCSc1nc(NCC(C)C)c2cnn(CCNC(C)=O)c2n1. The Balaban J connectivity index is 2.28. The minimum atomic E-state index is -0.0421. The standard InChI is InChI=1S/C16H26N6OS/c1-5-8-24-16-20-14(18-9-11(2)3)13-10-19-22(15(13)21-16)7-6-17-12(4)23/h10-11H,5-9H2,1-4H3,(H,17,23)(H,18,20,21). The van der Waals surface area contributed by atoms with E-state index in [-0.39, 0.29) is 5.91 Å². The van der Waals surface area contributed by atoms with Gasteiger partial charge in [0.05, 0.1) is 18.1 Å². The number of aromatic nitrogens is 4. The summed E-state index contributed by atoms with van der Waals surface area (Å²) in [5.41, 5.74) is 0.806. The van der Waals surface area contributed by atoms with Gasteiger partial charge in [0.15, 0.2) is 10.8 Å². The number of thioether (sulfide) groups is 1. The van der Waals surface area contributed by atoms with Crippen LogP contribution in [0.25, 0.3) is 11.0 Å². The van der Waals surface area contributed by atoms with Gasteiger partial charge in [-0.3, -0.25) is 4.79 Å². The predicted octanol–water partition coefficient (Wildman–Crippen LogP) is 2.53. The molecule has 0 fully saturated rings. The third-order valence-corrected chi connectivity index (χ3v) is 4.34. The summed E-state index contributed by atoms with van der Waals surface area (Å²) in [6.45, 7) is 9.94. The molecule has 0 saturated heterocycles. The molecule has 2 aromatic rings. The van der Waals surface area contributed by atoms with E-state index in [2.05, 4.69) is 46.5 Å². The molecule has 1 amide bonds. The van der Waals surface area contributed by atoms with Crippen LogP contribution in [-0.4, -0.2) is 44.5 Å². The van der Waals surface area contributed by atoms with Crippen molar-refractivity contribution in [2.24, 2.45) is 5.92 Å². The Labute approximate surface area is 147 Å². The molecule has 24 heavy (non-hydrogen) atoms. The van der Waals surface area contributed by atoms with E-state index in [4.69, 9.17) is 0 Å². The topological polar surface area (TPSA) is 84.7 Å². The van der Waals surface area contributed by atoms with Crippen molar-refractivity contribution >= 4 is 34.5 Å². The van der Waals surface area contributed by atoms with E-state index in [0.717, 1.165) is 40.7 Å². The molecule has 0 atom stereocenters. The van der Waals surface area contributed by atoms with Gasteiger partial charge in [0, 0.05) is 25.8 Å². The number of fused-ring (bicyclic) bond motifs is 1. The Kier molecular flexibility index (Phi) is 6.84. The molecule has 7 nitrogen and oxygen atoms in total. The van der Waals surface area contributed by atoms with Crippen LogP contribution >= 0.6 is 11.8 Å². The Morgan fingerprint density at radius 1 is 1.38 bits per heavy atom. The van der Waals surface area contributed by atoms with Crippen LogP contribution < -0.4 is 10.6 Å². The maximum absolute atomic E-state index is 11.0. The maximum atomic E-state index is 11.0. The molecule has 2 aromatic heterocycles. The summed E-state index contributed by atoms with van der Waals surface area (Å²) in [7, 11) is 0. The van der Waals surface area contributed by atoms with Crippen LogP contribution in [0.5, 0.6) is 0 Å². The van der Waals surface area contributed by atoms with Crippen LogP contribution in [0.1, 0.15) is 34.1 Å². The number of carbonyl (C=O) groups excluding carboxylic acids is 1. The predicted molar refractivity (Wildman–Crippen MR) is 98.3 cm³/mol. The smallest absolute Gasteiger partial charge is 0.216 e. The van der Waals surface area contributed by atoms with Crippen LogP contribution in [-0.2, 0) is 11.3 Å². The first-order valence-corrected chi connectivity index (χ1v) is 9.34. The van der Waals surface area contributed by atoms with Gasteiger partial charge in [-0.15, -0.1) is 0 Å². The summed E-state index contributed by atoms with van der Waals surface area (Å²) < 4.78 is 1.82. The van der Waals surface area contributed by atoms with Crippen molar-refractivity contribution < 1.29 is 4.79 Å². The lowest BCUT2D eigenvalue weighted by Gasteiger charge is -2.11. The molecule has 0 unspecified atom stereocenters. The van der Waals surface area contributed by atoms with E-state index >= 15 is 0 Å². The van der Waals surface area contributed by atoms with Crippen molar-refractivity contribution in [3.05, 3.63) is 6.20 Å². The van der Waals surface area contributed by atoms with Crippen LogP contribution in [0.3, 0.4) is 0 Å². The van der Waals surface area contributed by atoms with E-state index in [9.17, 15) is 4.79 Å². The third kappa shape index (κ3) is 5.09. The van der Waals surface area contributed by atoms with Crippen molar-refractivity contribution in [3.63, 3.8) is 0 Å². The van der Waals surface area contributed by atoms with Gasteiger partial charge in [0.2, 0.25) is 5.91 Å². The largest absolute Gasteiger partial charge is 0.369 e. The fourth-order valence-corrected chi connectivity index (χ4v) is 2.82. The summed E-state index contributed by atoms with van der Waals surface area (Å²) in [5.74, 6) is 2.30. The van der Waals surface area contributed by atoms with Crippen LogP contribution in [0.4, 0.5) is 5.82 Å². The first-order valence-electron chi connectivity index (χ1n) is 8.36. The number of carbonyl (C=O) groups is 1. The van der Waals surface area contributed by atoms with E-state index in [0.29, 0.717) is 19.0 Å². The second kappa shape index (κ2) is 8.86. The Hall–Kier alpha value is -1.83. The molecule has 2 heterocycles. The summed E-state index contributed by atoms with van der Waals surface area (Å²) in [5, 5.41) is 12.3. The fraction of sp³-hybridized carbons (Fsp3) is 0.625. The second-order valence-electron chi connectivity index (χ2n) is 6.07. The Morgan fingerprint density at radius 3 is 2.83 bits per heavy atom. The molecule has 0 saturated carbocycles. The average molecular weight is 350 g/mol. The number of nitrogens with zero attached hydrogens (tertiary/aromatic N) is 4. The molecule has 0 aliphatic carbocycles. The molecule has 0 radical (unpaired) electrons. The van der Waals surface area contributed by atoms with Gasteiger partial charge in [-0.05, 0) is 12.3 Å². The lowest BCUT2D eigenvalue weighted by Crippen LogP contribution is -2.24. The molecule has 2 N–H and O–H groups in total. The quantitative estimate of drug-likeness (QED) is 0.534. The number of hydrogen-bond acceptors (Lipinski definition) is 6. The van der Waals surface area contributed by atoms with Gasteiger partial charge in [-0.25, -0.2) is 14.6 Å². The summed E-state index contributed by atoms with van der Waals surface area (Å²) in [4.78, 5) is 20.3. The molecule has 2 rings (SSSR count). The Bertz CT molecular complexity index is 685. The van der Waals surface area contributed by atoms with E-state index in [1.165, 1.54) is 6.92 Å². The minimum Gasteiger partial charge on any atom is -0.369 e. The zero-order valence-corrected chi connectivity index (χ0v) is 15.6. The van der Waals surface area contributed by atoms with Crippen molar-refractivity contribution in [3.8, 4) is 0 Å². The first-order chi connectivity index (χ1) is 11.5. The molecular weight excluding hydrogens is 324 g/mol. The zero-order valence-electron chi connectivity index (χ0n) is 14.8. The first kappa shape index (κ1) is 18.5. The molecule has 0 aliphatic heterocycles. The van der Waals surface area contributed by atoms with Gasteiger partial charge in [0.1, 0.15) is 5.82 Å². The van der Waals surface area contributed by atoms with Crippen molar-refractivity contribution in [2.75, 3.05) is 24.2 Å². The van der Waals surface area contributed by atoms with Gasteiger partial charge < -0.3 is 10.6 Å². The van der Waals surface area contributed by atoms with Crippen molar-refractivity contribution in [1.29, 1.82) is 0 Å². The van der Waals surface area contributed by atoms with E-state index in [1.807, 2.05) is 4.68 Å². The number of hydrogen-bond donors (Lipinski definition) is 2. The maximum Gasteiger partial charge on any atom is 0.216 e. The average Bonchev–Trinajstić information content (AvgIpc) is 2.93. The lowest BCUT2D eigenvalue weighted by molar-refractivity contribution is -0.118. The molecule has 0 spiro atoms. The van der Waals surface area contributed by atoms with Crippen molar-refractivity contribution in [2.45, 2.75) is 45.8 Å². The fourth-order valence-electron chi connectivity index (χ4n) is 2.13. The highest BCUT2D eigenvalue weighted by molar-refractivity contribution is 7.99. The van der Waals surface area contributed by atoms with Crippen LogP contribution in [0, 0.1) is 5.92 Å². The normalized spacial score (nSPS) is 11.2. The summed E-state index contributed by atoms with van der Waals surface area (Å²) >= 11 is 1.65. The van der Waals surface area contributed by atoms with Crippen molar-refractivity contribution in [1.82, 2.24) is 25.1 Å². The molecule has 132 valence electrons. The Morgan fingerprint density at radius 2 is 2.17 bits per heavy atom. The van der Waals surface area contributed by atoms with Crippen LogP contribution in [0.15, 0.2) is 11.4 Å². The van der Waals surface area contributed by atoms with E-state index in [1.54, 1.807) is 18.0 Å². The lowest BCUT2D eigenvalue weighted by atomic mass is 10.2. The molecule has 0 aromatic carbocycles. The number of nitrogens with one attached hydrogen (secondary N) is 2. The summed E-state index contributed by atoms with van der Waals surface area (Å²) in [6.07, 6.45) is 2.86. The van der Waals surface area contributed by atoms with Crippen LogP contribution in [0.2, 0.25) is 0 Å². The minimum absolute atomic E-state index is 0.0421. The zero-order chi connectivity index (χ0) is 17.5. The molecular formula is C16H26N6OS. The molecule has 8 heteroatoms. The highest BCUT2D eigenvalue weighted by Gasteiger charge is 2.13. The van der Waals surface area contributed by atoms with Gasteiger partial charge in [0.25, 0.3) is 0 Å². The second-order valence-corrected chi connectivity index (χ2v) is 7.13. The molecule has 0 bridgehead atoms. The van der Waals surface area contributed by atoms with E-state index < -0.39 is 0 Å². The number of rotatable bonds is 9. The van der Waals surface area contributed by atoms with Gasteiger partial charge in [-0.2, -0.15) is 5.10 Å². The third-order valence-electron chi connectivity index (χ3n) is 3.29. The highest BCUT2D eigenvalue weighted by Crippen LogP contribution is 2.24. The molecule has 0 aliphatic rings. The number of anilines is 1. The number of amides is 1. The monoisotopic (exact) mass is 350 g/mol. The highest BCUT2D eigenvalue weighted by atomic mass is 32.2. The van der Waals surface area contributed by atoms with Gasteiger partial charge >= 0.3 is 0 Å². The summed E-state index contributed by atoms with van der Waals surface area (Å²) in [6, 6.07) is 0.